The van der Waals surface area contributed by atoms with Gasteiger partial charge in [-0.2, -0.15) is 5.26 Å². The number of pyridine rings is 1. The zero-order chi connectivity index (χ0) is 25.3. The van der Waals surface area contributed by atoms with Gasteiger partial charge in [-0.25, -0.2) is 4.79 Å². The van der Waals surface area contributed by atoms with Crippen LogP contribution in [-0.2, 0) is 16.6 Å². The Morgan fingerprint density at radius 3 is 2.49 bits per heavy atom. The minimum Gasteiger partial charge on any atom is -0.450 e. The van der Waals surface area contributed by atoms with Crippen molar-refractivity contribution in [2.75, 3.05) is 37.7 Å². The van der Waals surface area contributed by atoms with E-state index in [1.54, 1.807) is 36.8 Å². The van der Waals surface area contributed by atoms with Crippen molar-refractivity contribution in [3.05, 3.63) is 31.9 Å². The molecule has 2 saturated heterocycles. The fraction of sp³-hybridized carbons (Fsp3) is 0.542. The highest BCUT2D eigenvalue weighted by Crippen LogP contribution is 2.39. The number of piperazine rings is 1. The highest BCUT2D eigenvalue weighted by atomic mass is 32.2. The maximum Gasteiger partial charge on any atom is 0.409 e. The number of aromatic nitrogens is 1. The molecule has 3 fully saturated rings. The molecule has 0 aromatic carbocycles. The smallest absolute Gasteiger partial charge is 0.409 e. The molecule has 11 heteroatoms. The average molecular weight is 516 g/mol. The molecular formula is C24H29N5O4S2. The van der Waals surface area contributed by atoms with E-state index < -0.39 is 0 Å². The van der Waals surface area contributed by atoms with Gasteiger partial charge in [-0.15, -0.1) is 0 Å². The summed E-state index contributed by atoms with van der Waals surface area (Å²) in [4.78, 5) is 44.3. The number of ether oxygens (including phenoxy) is 1. The highest BCUT2D eigenvalue weighted by Gasteiger charge is 2.38. The molecule has 1 aliphatic carbocycles. The molecule has 0 bridgehead atoms. The van der Waals surface area contributed by atoms with Crippen LogP contribution in [0.3, 0.4) is 0 Å². The second kappa shape index (κ2) is 10.4. The first kappa shape index (κ1) is 25.3. The molecule has 3 aliphatic rings. The number of hydrogen-bond donors (Lipinski definition) is 0. The molecule has 186 valence electrons. The van der Waals surface area contributed by atoms with E-state index in [4.69, 9.17) is 17.0 Å². The van der Waals surface area contributed by atoms with Gasteiger partial charge in [0.25, 0.3) is 11.5 Å². The average Bonchev–Trinajstić information content (AvgIpc) is 3.46. The lowest BCUT2D eigenvalue weighted by Gasteiger charge is -2.37. The van der Waals surface area contributed by atoms with Crippen LogP contribution < -0.4 is 10.5 Å². The number of thiocarbonyl (C=S) groups is 1. The number of amides is 2. The van der Waals surface area contributed by atoms with Crippen molar-refractivity contribution < 1.29 is 14.3 Å². The molecule has 4 rings (SSSR count). The van der Waals surface area contributed by atoms with Gasteiger partial charge in [-0.3, -0.25) is 19.1 Å². The molecule has 1 aromatic rings. The van der Waals surface area contributed by atoms with E-state index in [1.807, 2.05) is 11.0 Å². The standard InChI is InChI=1S/C24H29N5O4S2/c1-4-33-23(32)28-11-9-27(10-12-28)20-17(15(2)18(14-25)21(30)26(20)3)13-19-22(31)29(24(34)35-19)16-7-5-6-8-16/h13,16H,4-12H2,1-3H3. The highest BCUT2D eigenvalue weighted by molar-refractivity contribution is 8.26. The number of carbonyl (C=O) groups is 2. The number of nitrogens with zero attached hydrogens (tertiary/aromatic N) is 5. The van der Waals surface area contributed by atoms with Crippen LogP contribution in [0, 0.1) is 18.3 Å². The zero-order valence-electron chi connectivity index (χ0n) is 20.2. The van der Waals surface area contributed by atoms with Crippen molar-refractivity contribution in [2.45, 2.75) is 45.6 Å². The quantitative estimate of drug-likeness (QED) is 0.446. The Bertz CT molecular complexity index is 1190. The van der Waals surface area contributed by atoms with Crippen molar-refractivity contribution in [3.8, 4) is 6.07 Å². The molecule has 0 N–H and O–H groups in total. The minimum atomic E-state index is -0.386. The van der Waals surface area contributed by atoms with Crippen molar-refractivity contribution in [2.24, 2.45) is 7.05 Å². The first-order valence-electron chi connectivity index (χ1n) is 11.9. The molecule has 2 aliphatic heterocycles. The predicted molar refractivity (Wildman–Crippen MR) is 139 cm³/mol. The molecule has 1 aromatic heterocycles. The SMILES string of the molecule is CCOC(=O)N1CCN(c2c(C=C3SC(=S)N(C4CCCC4)C3=O)c(C)c(C#N)c(=O)n2C)CC1. The van der Waals surface area contributed by atoms with E-state index in [2.05, 4.69) is 0 Å². The largest absolute Gasteiger partial charge is 0.450 e. The topological polar surface area (TPSA) is 98.9 Å². The third-order valence-corrected chi connectivity index (χ3v) is 8.19. The Balaban J connectivity index is 1.72. The lowest BCUT2D eigenvalue weighted by atomic mass is 10.0. The van der Waals surface area contributed by atoms with E-state index in [1.165, 1.54) is 16.3 Å². The first-order valence-corrected chi connectivity index (χ1v) is 13.1. The fourth-order valence-corrected chi connectivity index (χ4v) is 6.38. The molecule has 3 heterocycles. The number of rotatable bonds is 4. The summed E-state index contributed by atoms with van der Waals surface area (Å²) in [5, 5.41) is 9.68. The van der Waals surface area contributed by atoms with Crippen LogP contribution in [0.1, 0.15) is 49.3 Å². The van der Waals surface area contributed by atoms with Crippen molar-refractivity contribution >= 4 is 52.2 Å². The van der Waals surface area contributed by atoms with Gasteiger partial charge in [-0.05, 0) is 38.3 Å². The minimum absolute atomic E-state index is 0.0546. The lowest BCUT2D eigenvalue weighted by Crippen LogP contribution is -2.50. The van der Waals surface area contributed by atoms with Crippen molar-refractivity contribution in [3.63, 3.8) is 0 Å². The number of thioether (sulfide) groups is 1. The van der Waals surface area contributed by atoms with E-state index in [9.17, 15) is 19.6 Å². The van der Waals surface area contributed by atoms with E-state index in [0.717, 1.165) is 25.7 Å². The summed E-state index contributed by atoms with van der Waals surface area (Å²) in [5.74, 6) is 0.512. The summed E-state index contributed by atoms with van der Waals surface area (Å²) in [6.45, 7) is 5.67. The zero-order valence-corrected chi connectivity index (χ0v) is 21.8. The molecule has 1 saturated carbocycles. The molecule has 9 nitrogen and oxygen atoms in total. The van der Waals surface area contributed by atoms with Crippen LogP contribution in [0.2, 0.25) is 0 Å². The Morgan fingerprint density at radius 2 is 1.89 bits per heavy atom. The van der Waals surface area contributed by atoms with Crippen LogP contribution in [0.25, 0.3) is 6.08 Å². The number of anilines is 1. The molecule has 35 heavy (non-hydrogen) atoms. The normalized spacial score (nSPS) is 20.2. The lowest BCUT2D eigenvalue weighted by molar-refractivity contribution is -0.123. The summed E-state index contributed by atoms with van der Waals surface area (Å²) < 4.78 is 7.14. The number of nitriles is 1. The van der Waals surface area contributed by atoms with E-state index >= 15 is 0 Å². The van der Waals surface area contributed by atoms with Gasteiger partial charge in [0.15, 0.2) is 0 Å². The summed E-state index contributed by atoms with van der Waals surface area (Å²) in [6, 6.07) is 2.17. The monoisotopic (exact) mass is 515 g/mol. The number of carbonyl (C=O) groups excluding carboxylic acids is 2. The second-order valence-corrected chi connectivity index (χ2v) is 10.6. The first-order chi connectivity index (χ1) is 16.8. The van der Waals surface area contributed by atoms with Gasteiger partial charge in [0, 0.05) is 44.8 Å². The third kappa shape index (κ3) is 4.69. The van der Waals surface area contributed by atoms with Crippen molar-refractivity contribution in [1.29, 1.82) is 5.26 Å². The maximum absolute atomic E-state index is 13.3. The van der Waals surface area contributed by atoms with Gasteiger partial charge in [0.05, 0.1) is 11.5 Å². The van der Waals surface area contributed by atoms with Crippen LogP contribution in [-0.4, -0.2) is 69.5 Å². The van der Waals surface area contributed by atoms with Crippen LogP contribution in [0.4, 0.5) is 10.6 Å². The third-order valence-electron chi connectivity index (χ3n) is 6.86. The van der Waals surface area contributed by atoms with Crippen LogP contribution in [0.5, 0.6) is 0 Å². The molecule has 0 radical (unpaired) electrons. The summed E-state index contributed by atoms with van der Waals surface area (Å²) in [6.07, 6.45) is 5.51. The van der Waals surface area contributed by atoms with Gasteiger partial charge in [0.1, 0.15) is 21.8 Å². The molecular weight excluding hydrogens is 486 g/mol. The summed E-state index contributed by atoms with van der Waals surface area (Å²) >= 11 is 6.82. The summed E-state index contributed by atoms with van der Waals surface area (Å²) in [5.41, 5.74) is 0.854. The van der Waals surface area contributed by atoms with Gasteiger partial charge in [-0.1, -0.05) is 36.8 Å². The molecule has 0 atom stereocenters. The summed E-state index contributed by atoms with van der Waals surface area (Å²) in [7, 11) is 1.64. The van der Waals surface area contributed by atoms with Gasteiger partial charge in [0.2, 0.25) is 0 Å². The Kier molecular flexibility index (Phi) is 7.52. The Hall–Kier alpha value is -2.84. The van der Waals surface area contributed by atoms with Crippen LogP contribution >= 0.6 is 24.0 Å². The fourth-order valence-electron chi connectivity index (χ4n) is 5.00. The molecule has 0 spiro atoms. The molecule has 2 amide bonds. The Morgan fingerprint density at radius 1 is 1.23 bits per heavy atom. The van der Waals surface area contributed by atoms with Gasteiger partial charge >= 0.3 is 6.09 Å². The molecule has 0 unspecified atom stereocenters. The van der Waals surface area contributed by atoms with Crippen LogP contribution in [0.15, 0.2) is 9.70 Å². The van der Waals surface area contributed by atoms with Gasteiger partial charge < -0.3 is 14.5 Å². The predicted octanol–water partition coefficient (Wildman–Crippen LogP) is 2.99. The maximum atomic E-state index is 13.3. The Labute approximate surface area is 214 Å². The van der Waals surface area contributed by atoms with E-state index in [-0.39, 0.29) is 29.2 Å². The van der Waals surface area contributed by atoms with Crippen molar-refractivity contribution in [1.82, 2.24) is 14.4 Å². The number of hydrogen-bond acceptors (Lipinski definition) is 8. The van der Waals surface area contributed by atoms with E-state index in [0.29, 0.717) is 59.0 Å². The second-order valence-electron chi connectivity index (χ2n) is 8.88.